The number of aromatic nitrogens is 2. The van der Waals surface area contributed by atoms with E-state index in [0.717, 1.165) is 18.1 Å². The molecule has 0 aliphatic carbocycles. The van der Waals surface area contributed by atoms with E-state index in [9.17, 15) is 0 Å². The molecule has 3 aromatic rings. The molecular formula is C18H16Cl2N4. The van der Waals surface area contributed by atoms with E-state index >= 15 is 0 Å². The zero-order valence-electron chi connectivity index (χ0n) is 13.1. The Kier molecular flexibility index (Phi) is 5.18. The van der Waals surface area contributed by atoms with Crippen molar-refractivity contribution in [3.05, 3.63) is 70.8 Å². The highest BCUT2D eigenvalue weighted by atomic mass is 35.5. The lowest BCUT2D eigenvalue weighted by Crippen LogP contribution is -2.17. The number of rotatable bonds is 5. The topological polar surface area (TPSA) is 41.1 Å². The number of nitrogens with zero attached hydrogens (tertiary/aromatic N) is 3. The predicted molar refractivity (Wildman–Crippen MR) is 101 cm³/mol. The van der Waals surface area contributed by atoms with Crippen molar-refractivity contribution in [2.75, 3.05) is 16.8 Å². The highest BCUT2D eigenvalue weighted by Gasteiger charge is 2.11. The molecule has 3 rings (SSSR count). The van der Waals surface area contributed by atoms with Crippen molar-refractivity contribution in [1.82, 2.24) is 9.97 Å². The molecule has 4 nitrogen and oxygen atoms in total. The Labute approximate surface area is 151 Å². The second-order valence-corrected chi connectivity index (χ2v) is 5.85. The van der Waals surface area contributed by atoms with Crippen LogP contribution >= 0.6 is 23.2 Å². The number of para-hydroxylation sites is 2. The van der Waals surface area contributed by atoms with E-state index < -0.39 is 0 Å². The van der Waals surface area contributed by atoms with Gasteiger partial charge in [0.05, 0.1) is 15.7 Å². The molecule has 1 heterocycles. The van der Waals surface area contributed by atoms with Gasteiger partial charge >= 0.3 is 0 Å². The Hall–Kier alpha value is -2.30. The highest BCUT2D eigenvalue weighted by molar-refractivity contribution is 6.39. The normalized spacial score (nSPS) is 10.5. The van der Waals surface area contributed by atoms with E-state index in [2.05, 4.69) is 27.1 Å². The maximum Gasteiger partial charge on any atom is 0.229 e. The number of nitrogens with one attached hydrogen (secondary N) is 1. The van der Waals surface area contributed by atoms with Crippen LogP contribution in [0.4, 0.5) is 23.1 Å². The molecule has 0 radical (unpaired) electrons. The molecule has 0 unspecified atom stereocenters. The van der Waals surface area contributed by atoms with Crippen LogP contribution in [-0.2, 0) is 0 Å². The number of hydrogen-bond acceptors (Lipinski definition) is 4. The summed E-state index contributed by atoms with van der Waals surface area (Å²) in [5, 5.41) is 4.14. The van der Waals surface area contributed by atoms with Gasteiger partial charge in [-0.05, 0) is 37.3 Å². The minimum atomic E-state index is 0.442. The quantitative estimate of drug-likeness (QED) is 0.636. The monoisotopic (exact) mass is 358 g/mol. The van der Waals surface area contributed by atoms with Crippen LogP contribution in [0.25, 0.3) is 0 Å². The van der Waals surface area contributed by atoms with E-state index in [1.165, 1.54) is 0 Å². The second kappa shape index (κ2) is 7.51. The zero-order valence-corrected chi connectivity index (χ0v) is 14.6. The Morgan fingerprint density at radius 3 is 2.33 bits per heavy atom. The van der Waals surface area contributed by atoms with Crippen molar-refractivity contribution in [2.24, 2.45) is 0 Å². The lowest BCUT2D eigenvalue weighted by atomic mass is 10.3. The molecule has 1 aromatic heterocycles. The molecule has 0 saturated carbocycles. The molecule has 2 aromatic carbocycles. The van der Waals surface area contributed by atoms with Gasteiger partial charge in [-0.3, -0.25) is 0 Å². The van der Waals surface area contributed by atoms with Crippen LogP contribution in [-0.4, -0.2) is 16.5 Å². The van der Waals surface area contributed by atoms with Gasteiger partial charge in [0, 0.05) is 18.4 Å². The SMILES string of the molecule is CCN(c1ccccc1)c1ccnc(Nc2c(Cl)cccc2Cl)n1. The largest absolute Gasteiger partial charge is 0.327 e. The third-order valence-electron chi connectivity index (χ3n) is 3.50. The van der Waals surface area contributed by atoms with Crippen LogP contribution in [0.3, 0.4) is 0 Å². The molecule has 6 heteroatoms. The summed E-state index contributed by atoms with van der Waals surface area (Å²) in [6.07, 6.45) is 1.71. The summed E-state index contributed by atoms with van der Waals surface area (Å²) in [6.45, 7) is 2.86. The van der Waals surface area contributed by atoms with Crippen LogP contribution in [0.15, 0.2) is 60.8 Å². The standard InChI is InChI=1S/C18H16Cl2N4/c1-2-24(13-7-4-3-5-8-13)16-11-12-21-18(22-16)23-17-14(19)9-6-10-15(17)20/h3-12H,2H2,1H3,(H,21,22,23). The van der Waals surface area contributed by atoms with Gasteiger partial charge in [0.15, 0.2) is 0 Å². The minimum absolute atomic E-state index is 0.442. The highest BCUT2D eigenvalue weighted by Crippen LogP contribution is 2.32. The van der Waals surface area contributed by atoms with Crippen molar-refractivity contribution in [2.45, 2.75) is 6.92 Å². The smallest absolute Gasteiger partial charge is 0.229 e. The van der Waals surface area contributed by atoms with Gasteiger partial charge in [0.25, 0.3) is 0 Å². The number of anilines is 4. The Balaban J connectivity index is 1.92. The first-order chi connectivity index (χ1) is 11.7. The van der Waals surface area contributed by atoms with Crippen LogP contribution in [0.5, 0.6) is 0 Å². The van der Waals surface area contributed by atoms with Gasteiger partial charge in [-0.25, -0.2) is 4.98 Å². The van der Waals surface area contributed by atoms with Crippen LogP contribution in [0.1, 0.15) is 6.92 Å². The molecule has 0 spiro atoms. The third-order valence-corrected chi connectivity index (χ3v) is 4.13. The molecule has 0 fully saturated rings. The summed E-state index contributed by atoms with van der Waals surface area (Å²) in [6, 6.07) is 17.3. The van der Waals surface area contributed by atoms with E-state index in [-0.39, 0.29) is 0 Å². The fraction of sp³-hybridized carbons (Fsp3) is 0.111. The van der Waals surface area contributed by atoms with E-state index in [4.69, 9.17) is 23.2 Å². The van der Waals surface area contributed by atoms with Gasteiger partial charge in [0.1, 0.15) is 5.82 Å². The summed E-state index contributed by atoms with van der Waals surface area (Å²) < 4.78 is 0. The Bertz CT molecular complexity index is 804. The molecule has 0 amide bonds. The third kappa shape index (κ3) is 3.61. The summed E-state index contributed by atoms with van der Waals surface area (Å²) in [4.78, 5) is 10.9. The maximum atomic E-state index is 6.19. The van der Waals surface area contributed by atoms with Crippen LogP contribution < -0.4 is 10.2 Å². The molecule has 122 valence electrons. The molecule has 0 aliphatic heterocycles. The van der Waals surface area contributed by atoms with Crippen molar-refractivity contribution < 1.29 is 0 Å². The van der Waals surface area contributed by atoms with Crippen molar-refractivity contribution in [1.29, 1.82) is 0 Å². The number of benzene rings is 2. The summed E-state index contributed by atoms with van der Waals surface area (Å²) >= 11 is 12.4. The molecule has 0 aliphatic rings. The second-order valence-electron chi connectivity index (χ2n) is 5.04. The van der Waals surface area contributed by atoms with Crippen LogP contribution in [0.2, 0.25) is 10.0 Å². The van der Waals surface area contributed by atoms with Gasteiger partial charge in [-0.2, -0.15) is 4.98 Å². The first-order valence-corrected chi connectivity index (χ1v) is 8.31. The van der Waals surface area contributed by atoms with Crippen LogP contribution in [0, 0.1) is 0 Å². The fourth-order valence-electron chi connectivity index (χ4n) is 2.37. The Morgan fingerprint density at radius 1 is 0.958 bits per heavy atom. The molecule has 1 N–H and O–H groups in total. The minimum Gasteiger partial charge on any atom is -0.327 e. The lowest BCUT2D eigenvalue weighted by molar-refractivity contribution is 0.979. The summed E-state index contributed by atoms with van der Waals surface area (Å²) in [7, 11) is 0. The Morgan fingerprint density at radius 2 is 1.67 bits per heavy atom. The van der Waals surface area contributed by atoms with Crippen molar-refractivity contribution >= 4 is 46.3 Å². The zero-order chi connectivity index (χ0) is 16.9. The van der Waals surface area contributed by atoms with Gasteiger partial charge < -0.3 is 10.2 Å². The van der Waals surface area contributed by atoms with E-state index in [0.29, 0.717) is 21.7 Å². The van der Waals surface area contributed by atoms with Gasteiger partial charge in [-0.1, -0.05) is 47.5 Å². The fourth-order valence-corrected chi connectivity index (χ4v) is 2.87. The first-order valence-electron chi connectivity index (χ1n) is 7.55. The van der Waals surface area contributed by atoms with Crippen molar-refractivity contribution in [3.63, 3.8) is 0 Å². The lowest BCUT2D eigenvalue weighted by Gasteiger charge is -2.22. The van der Waals surface area contributed by atoms with Crippen molar-refractivity contribution in [3.8, 4) is 0 Å². The molecule has 0 bridgehead atoms. The molecular weight excluding hydrogens is 343 g/mol. The summed E-state index contributed by atoms with van der Waals surface area (Å²) in [5.41, 5.74) is 1.67. The van der Waals surface area contributed by atoms with Gasteiger partial charge in [-0.15, -0.1) is 0 Å². The van der Waals surface area contributed by atoms with Gasteiger partial charge in [0.2, 0.25) is 5.95 Å². The maximum absolute atomic E-state index is 6.19. The molecule has 0 saturated heterocycles. The van der Waals surface area contributed by atoms with E-state index in [1.807, 2.05) is 36.4 Å². The summed E-state index contributed by atoms with van der Waals surface area (Å²) in [5.74, 6) is 1.24. The number of hydrogen-bond donors (Lipinski definition) is 1. The molecule has 0 atom stereocenters. The van der Waals surface area contributed by atoms with E-state index in [1.54, 1.807) is 24.4 Å². The average molecular weight is 359 g/mol. The first kappa shape index (κ1) is 16.6. The number of halogens is 2. The predicted octanol–water partition coefficient (Wildman–Crippen LogP) is 5.69. The average Bonchev–Trinajstić information content (AvgIpc) is 2.60. The molecule has 24 heavy (non-hydrogen) atoms.